The minimum Gasteiger partial charge on any atom is -0.490 e. The predicted molar refractivity (Wildman–Crippen MR) is 126 cm³/mol. The van der Waals surface area contributed by atoms with Crippen molar-refractivity contribution < 1.29 is 9.13 Å². The van der Waals surface area contributed by atoms with Crippen molar-refractivity contribution >= 4 is 29.9 Å². The van der Waals surface area contributed by atoms with E-state index in [1.807, 2.05) is 31.5 Å². The van der Waals surface area contributed by atoms with Gasteiger partial charge in [-0.1, -0.05) is 6.07 Å². The molecule has 2 aromatic rings. The Labute approximate surface area is 189 Å². The van der Waals surface area contributed by atoms with Crippen LogP contribution in [0.2, 0.25) is 0 Å². The summed E-state index contributed by atoms with van der Waals surface area (Å²) in [7, 11) is 1.73. The Morgan fingerprint density at radius 3 is 2.79 bits per heavy atom. The SMILES string of the molecule is CN=C(NCCc1ccncc1C)NC(C)c1ccc(OCC2CC2)c(F)c1.I. The molecular formula is C22H30FIN4O. The Morgan fingerprint density at radius 2 is 2.14 bits per heavy atom. The van der Waals surface area contributed by atoms with Crippen LogP contribution in [0.3, 0.4) is 0 Å². The fourth-order valence-corrected chi connectivity index (χ4v) is 2.98. The average molecular weight is 512 g/mol. The first-order valence-electron chi connectivity index (χ1n) is 9.85. The van der Waals surface area contributed by atoms with Crippen molar-refractivity contribution in [3.8, 4) is 5.75 Å². The van der Waals surface area contributed by atoms with Crippen molar-refractivity contribution in [2.75, 3.05) is 20.2 Å². The molecule has 0 aliphatic heterocycles. The maximum Gasteiger partial charge on any atom is 0.191 e. The molecule has 0 amide bonds. The zero-order chi connectivity index (χ0) is 19.9. The van der Waals surface area contributed by atoms with Gasteiger partial charge in [0.15, 0.2) is 17.5 Å². The van der Waals surface area contributed by atoms with Crippen LogP contribution in [0.1, 0.15) is 42.5 Å². The number of aliphatic imine (C=N–C) groups is 1. The quantitative estimate of drug-likeness (QED) is 0.313. The molecule has 1 aliphatic carbocycles. The molecule has 1 heterocycles. The summed E-state index contributed by atoms with van der Waals surface area (Å²) in [5, 5.41) is 6.62. The van der Waals surface area contributed by atoms with Crippen molar-refractivity contribution in [3.05, 3.63) is 59.2 Å². The number of halogens is 2. The minimum absolute atomic E-state index is 0. The second kappa shape index (κ2) is 11.3. The standard InChI is InChI=1S/C22H29FN4O.HI/c1-15-13-25-10-8-18(15)9-11-26-22(24-3)27-16(2)19-6-7-21(20(23)12-19)28-14-17-4-5-17;/h6-8,10,12-13,16-17H,4-5,9,11,14H2,1-3H3,(H2,24,26,27);1H. The van der Waals surface area contributed by atoms with Crippen LogP contribution in [-0.4, -0.2) is 31.1 Å². The van der Waals surface area contributed by atoms with E-state index in [0.717, 1.165) is 18.5 Å². The van der Waals surface area contributed by atoms with E-state index in [0.29, 0.717) is 24.2 Å². The molecule has 1 atom stereocenters. The molecule has 1 aliphatic rings. The van der Waals surface area contributed by atoms with E-state index in [1.165, 1.54) is 30.0 Å². The van der Waals surface area contributed by atoms with Crippen LogP contribution < -0.4 is 15.4 Å². The lowest BCUT2D eigenvalue weighted by Gasteiger charge is -2.19. The molecule has 3 rings (SSSR count). The first-order chi connectivity index (χ1) is 13.6. The highest BCUT2D eigenvalue weighted by atomic mass is 127. The Hall–Kier alpha value is -1.90. The van der Waals surface area contributed by atoms with Gasteiger partial charge in [0.1, 0.15) is 0 Å². The molecular weight excluding hydrogens is 482 g/mol. The number of rotatable bonds is 8. The second-order valence-corrected chi connectivity index (χ2v) is 7.36. The third-order valence-electron chi connectivity index (χ3n) is 5.03. The van der Waals surface area contributed by atoms with E-state index < -0.39 is 0 Å². The summed E-state index contributed by atoms with van der Waals surface area (Å²) < 4.78 is 19.9. The molecule has 5 nitrogen and oxygen atoms in total. The normalized spacial score (nSPS) is 14.7. The number of aryl methyl sites for hydroxylation is 1. The van der Waals surface area contributed by atoms with Gasteiger partial charge in [0.05, 0.1) is 12.6 Å². The molecule has 7 heteroatoms. The van der Waals surface area contributed by atoms with Crippen molar-refractivity contribution in [1.82, 2.24) is 15.6 Å². The van der Waals surface area contributed by atoms with E-state index in [1.54, 1.807) is 13.1 Å². The second-order valence-electron chi connectivity index (χ2n) is 7.36. The van der Waals surface area contributed by atoms with Crippen molar-refractivity contribution in [1.29, 1.82) is 0 Å². The molecule has 1 aromatic heterocycles. The number of nitrogens with one attached hydrogen (secondary N) is 2. The van der Waals surface area contributed by atoms with Gasteiger partial charge in [0, 0.05) is 26.0 Å². The number of hydrogen-bond acceptors (Lipinski definition) is 3. The highest BCUT2D eigenvalue weighted by Gasteiger charge is 2.22. The average Bonchev–Trinajstić information content (AvgIpc) is 3.52. The summed E-state index contributed by atoms with van der Waals surface area (Å²) in [6, 6.07) is 7.10. The predicted octanol–water partition coefficient (Wildman–Crippen LogP) is 4.40. The van der Waals surface area contributed by atoms with E-state index in [4.69, 9.17) is 4.74 Å². The van der Waals surface area contributed by atoms with E-state index in [2.05, 4.69) is 27.5 Å². The smallest absolute Gasteiger partial charge is 0.191 e. The lowest BCUT2D eigenvalue weighted by molar-refractivity contribution is 0.285. The first-order valence-corrected chi connectivity index (χ1v) is 9.85. The Kier molecular flexibility index (Phi) is 9.13. The first kappa shape index (κ1) is 23.4. The van der Waals surface area contributed by atoms with Crippen LogP contribution in [0.5, 0.6) is 5.75 Å². The van der Waals surface area contributed by atoms with Gasteiger partial charge in [-0.3, -0.25) is 9.98 Å². The molecule has 0 saturated heterocycles. The molecule has 2 N–H and O–H groups in total. The molecule has 29 heavy (non-hydrogen) atoms. The number of aromatic nitrogens is 1. The number of nitrogens with zero attached hydrogens (tertiary/aromatic N) is 2. The summed E-state index contributed by atoms with van der Waals surface area (Å²) in [6.45, 7) is 5.40. The maximum atomic E-state index is 14.3. The van der Waals surface area contributed by atoms with E-state index in [-0.39, 0.29) is 35.8 Å². The highest BCUT2D eigenvalue weighted by molar-refractivity contribution is 14.0. The van der Waals surface area contributed by atoms with Gasteiger partial charge in [-0.05, 0) is 73.9 Å². The fourth-order valence-electron chi connectivity index (χ4n) is 2.98. The topological polar surface area (TPSA) is 58.5 Å². The third kappa shape index (κ3) is 7.13. The molecule has 1 fully saturated rings. The van der Waals surface area contributed by atoms with Crippen LogP contribution >= 0.6 is 24.0 Å². The number of hydrogen-bond donors (Lipinski definition) is 2. The summed E-state index contributed by atoms with van der Waals surface area (Å²) in [5.41, 5.74) is 3.29. The number of ether oxygens (including phenoxy) is 1. The summed E-state index contributed by atoms with van der Waals surface area (Å²) in [4.78, 5) is 8.38. The number of pyridine rings is 1. The van der Waals surface area contributed by atoms with Gasteiger partial charge >= 0.3 is 0 Å². The molecule has 0 bridgehead atoms. The lowest BCUT2D eigenvalue weighted by Crippen LogP contribution is -2.39. The summed E-state index contributed by atoms with van der Waals surface area (Å²) in [5.74, 6) is 1.31. The summed E-state index contributed by atoms with van der Waals surface area (Å²) >= 11 is 0. The van der Waals surface area contributed by atoms with E-state index >= 15 is 0 Å². The minimum atomic E-state index is -0.317. The van der Waals surface area contributed by atoms with E-state index in [9.17, 15) is 4.39 Å². The number of guanidine groups is 1. The zero-order valence-corrected chi connectivity index (χ0v) is 19.6. The molecule has 1 aromatic carbocycles. The molecule has 1 unspecified atom stereocenters. The van der Waals surface area contributed by atoms with Crippen LogP contribution in [0.25, 0.3) is 0 Å². The van der Waals surface area contributed by atoms with Crippen molar-refractivity contribution in [2.45, 2.75) is 39.2 Å². The highest BCUT2D eigenvalue weighted by Crippen LogP contribution is 2.30. The number of benzene rings is 1. The Balaban J connectivity index is 0.00000300. The Bertz CT molecular complexity index is 826. The Morgan fingerprint density at radius 1 is 1.34 bits per heavy atom. The van der Waals surface area contributed by atoms with Gasteiger partial charge in [-0.15, -0.1) is 24.0 Å². The van der Waals surface area contributed by atoms with Crippen LogP contribution in [0, 0.1) is 18.7 Å². The van der Waals surface area contributed by atoms with Gasteiger partial charge < -0.3 is 15.4 Å². The van der Waals surface area contributed by atoms with Crippen molar-refractivity contribution in [2.24, 2.45) is 10.9 Å². The van der Waals surface area contributed by atoms with Crippen LogP contribution in [0.4, 0.5) is 4.39 Å². The van der Waals surface area contributed by atoms with Gasteiger partial charge in [0.25, 0.3) is 0 Å². The van der Waals surface area contributed by atoms with Crippen LogP contribution in [0.15, 0.2) is 41.7 Å². The molecule has 0 spiro atoms. The fraction of sp³-hybridized carbons (Fsp3) is 0.455. The zero-order valence-electron chi connectivity index (χ0n) is 17.2. The van der Waals surface area contributed by atoms with Gasteiger partial charge in [-0.2, -0.15) is 0 Å². The largest absolute Gasteiger partial charge is 0.490 e. The maximum absolute atomic E-state index is 14.3. The lowest BCUT2D eigenvalue weighted by atomic mass is 10.1. The molecule has 158 valence electrons. The van der Waals surface area contributed by atoms with Gasteiger partial charge in [0.2, 0.25) is 0 Å². The molecule has 1 saturated carbocycles. The van der Waals surface area contributed by atoms with Gasteiger partial charge in [-0.25, -0.2) is 4.39 Å². The molecule has 0 radical (unpaired) electrons. The van der Waals surface area contributed by atoms with Crippen LogP contribution in [-0.2, 0) is 6.42 Å². The third-order valence-corrected chi connectivity index (χ3v) is 5.03. The van der Waals surface area contributed by atoms with Crippen molar-refractivity contribution in [3.63, 3.8) is 0 Å². The summed E-state index contributed by atoms with van der Waals surface area (Å²) in [6.07, 6.45) is 6.94. The monoisotopic (exact) mass is 512 g/mol.